The second-order valence-corrected chi connectivity index (χ2v) is 4.04. The largest absolute Gasteiger partial charge is 0.478 e. The van der Waals surface area contributed by atoms with Crippen molar-refractivity contribution in [2.45, 2.75) is 18.6 Å². The Bertz CT molecular complexity index is 455. The van der Waals surface area contributed by atoms with Crippen LogP contribution in [-0.2, 0) is 0 Å². The van der Waals surface area contributed by atoms with Gasteiger partial charge < -0.3 is 26.2 Å². The predicted octanol–water partition coefficient (Wildman–Crippen LogP) is -0.174. The van der Waals surface area contributed by atoms with Crippen molar-refractivity contribution in [2.24, 2.45) is 5.73 Å². The number of nitrogens with two attached hydrogens (primary N) is 1. The number of aromatic carboxylic acids is 2. The molecule has 19 heavy (non-hydrogen) atoms. The van der Waals surface area contributed by atoms with Crippen LogP contribution in [0, 0.1) is 0 Å². The third-order valence-corrected chi connectivity index (χ3v) is 2.62. The van der Waals surface area contributed by atoms with Gasteiger partial charge in [-0.15, -0.1) is 0 Å². The highest BCUT2D eigenvalue weighted by Crippen LogP contribution is 2.22. The Morgan fingerprint density at radius 2 is 1.53 bits per heavy atom. The minimum atomic E-state index is -1.39. The molecule has 0 aliphatic heterocycles. The molecule has 7 heteroatoms. The standard InChI is InChI=1S/C12H15NO6/c13-2-1-9(14)10(15)6-3-7(11(16)17)5-8(4-6)12(18)19/h3-5,9-10,14-15H,1-2,13H2,(H,16,17)(H,18,19). The monoisotopic (exact) mass is 269 g/mol. The molecule has 0 bridgehead atoms. The van der Waals surface area contributed by atoms with Gasteiger partial charge in [0.05, 0.1) is 17.2 Å². The van der Waals surface area contributed by atoms with Crippen molar-refractivity contribution in [3.05, 3.63) is 34.9 Å². The zero-order valence-electron chi connectivity index (χ0n) is 9.98. The van der Waals surface area contributed by atoms with Gasteiger partial charge in [0.2, 0.25) is 0 Å². The maximum absolute atomic E-state index is 10.9. The van der Waals surface area contributed by atoms with Gasteiger partial charge in [0.1, 0.15) is 6.10 Å². The first-order chi connectivity index (χ1) is 8.86. The Morgan fingerprint density at radius 3 is 1.89 bits per heavy atom. The first-order valence-corrected chi connectivity index (χ1v) is 5.54. The van der Waals surface area contributed by atoms with Gasteiger partial charge in [-0.1, -0.05) is 0 Å². The number of carboxylic acid groups (broad SMARTS) is 2. The molecule has 0 spiro atoms. The van der Waals surface area contributed by atoms with Crippen molar-refractivity contribution >= 4 is 11.9 Å². The van der Waals surface area contributed by atoms with Gasteiger partial charge in [0.25, 0.3) is 0 Å². The normalized spacial score (nSPS) is 13.8. The van der Waals surface area contributed by atoms with Gasteiger partial charge in [-0.3, -0.25) is 0 Å². The second kappa shape index (κ2) is 6.28. The molecule has 0 heterocycles. The molecule has 1 rings (SSSR count). The maximum atomic E-state index is 10.9. The van der Waals surface area contributed by atoms with Crippen LogP contribution in [0.2, 0.25) is 0 Å². The third-order valence-electron chi connectivity index (χ3n) is 2.62. The van der Waals surface area contributed by atoms with Gasteiger partial charge in [0.15, 0.2) is 0 Å². The molecular formula is C12H15NO6. The van der Waals surface area contributed by atoms with E-state index in [2.05, 4.69) is 0 Å². The summed E-state index contributed by atoms with van der Waals surface area (Å²) in [6.45, 7) is 0.142. The molecule has 0 aliphatic carbocycles. The van der Waals surface area contributed by atoms with Crippen LogP contribution in [0.4, 0.5) is 0 Å². The Balaban J connectivity index is 3.19. The molecule has 2 atom stereocenters. The topological polar surface area (TPSA) is 141 Å². The lowest BCUT2D eigenvalue weighted by atomic mass is 9.97. The number of aliphatic hydroxyl groups excluding tert-OH is 2. The molecular weight excluding hydrogens is 254 g/mol. The number of hydrogen-bond acceptors (Lipinski definition) is 5. The number of benzene rings is 1. The fraction of sp³-hybridized carbons (Fsp3) is 0.333. The minimum absolute atomic E-state index is 0.0262. The summed E-state index contributed by atoms with van der Waals surface area (Å²) in [7, 11) is 0. The second-order valence-electron chi connectivity index (χ2n) is 4.04. The van der Waals surface area contributed by atoms with E-state index in [-0.39, 0.29) is 29.7 Å². The van der Waals surface area contributed by atoms with Crippen LogP contribution in [0.25, 0.3) is 0 Å². The van der Waals surface area contributed by atoms with Crippen LogP contribution < -0.4 is 5.73 Å². The summed E-state index contributed by atoms with van der Waals surface area (Å²) < 4.78 is 0. The van der Waals surface area contributed by atoms with E-state index >= 15 is 0 Å². The highest BCUT2D eigenvalue weighted by atomic mass is 16.4. The van der Waals surface area contributed by atoms with Crippen LogP contribution in [0.15, 0.2) is 18.2 Å². The predicted molar refractivity (Wildman–Crippen MR) is 65.0 cm³/mol. The van der Waals surface area contributed by atoms with Gasteiger partial charge in [0, 0.05) is 0 Å². The van der Waals surface area contributed by atoms with Gasteiger partial charge in [-0.2, -0.15) is 0 Å². The van der Waals surface area contributed by atoms with Crippen molar-refractivity contribution in [3.63, 3.8) is 0 Å². The summed E-state index contributed by atoms with van der Waals surface area (Å²) in [4.78, 5) is 21.8. The van der Waals surface area contributed by atoms with Crippen LogP contribution >= 0.6 is 0 Å². The molecule has 7 nitrogen and oxygen atoms in total. The number of carboxylic acids is 2. The van der Waals surface area contributed by atoms with E-state index in [1.165, 1.54) is 0 Å². The van der Waals surface area contributed by atoms with E-state index in [4.69, 9.17) is 15.9 Å². The molecule has 0 saturated carbocycles. The van der Waals surface area contributed by atoms with E-state index in [1.807, 2.05) is 0 Å². The van der Waals surface area contributed by atoms with Crippen LogP contribution in [0.3, 0.4) is 0 Å². The zero-order valence-corrected chi connectivity index (χ0v) is 9.98. The summed E-state index contributed by atoms with van der Waals surface area (Å²) in [5, 5.41) is 37.2. The first kappa shape index (κ1) is 15.1. The first-order valence-electron chi connectivity index (χ1n) is 5.54. The average molecular weight is 269 g/mol. The molecule has 0 aliphatic rings. The van der Waals surface area contributed by atoms with Crippen molar-refractivity contribution in [1.82, 2.24) is 0 Å². The quantitative estimate of drug-likeness (QED) is 0.482. The highest BCUT2D eigenvalue weighted by molar-refractivity contribution is 5.94. The highest BCUT2D eigenvalue weighted by Gasteiger charge is 2.21. The summed E-state index contributed by atoms with van der Waals surface area (Å²) in [5.41, 5.74) is 4.73. The molecule has 104 valence electrons. The number of aliphatic hydroxyl groups is 2. The third kappa shape index (κ3) is 3.75. The van der Waals surface area contributed by atoms with Crippen molar-refractivity contribution < 1.29 is 30.0 Å². The van der Waals surface area contributed by atoms with E-state index in [0.717, 1.165) is 18.2 Å². The molecule has 0 aromatic heterocycles. The molecule has 0 saturated heterocycles. The summed E-state index contributed by atoms with van der Waals surface area (Å²) in [6, 6.07) is 3.23. The lowest BCUT2D eigenvalue weighted by Crippen LogP contribution is -2.22. The van der Waals surface area contributed by atoms with Crippen LogP contribution in [-0.4, -0.2) is 45.0 Å². The van der Waals surface area contributed by atoms with Gasteiger partial charge in [-0.25, -0.2) is 9.59 Å². The van der Waals surface area contributed by atoms with Gasteiger partial charge in [-0.05, 0) is 36.7 Å². The summed E-state index contributed by atoms with van der Waals surface area (Å²) in [5.74, 6) is -2.63. The van der Waals surface area contributed by atoms with Crippen LogP contribution in [0.1, 0.15) is 38.8 Å². The van der Waals surface area contributed by atoms with E-state index < -0.39 is 24.1 Å². The Hall–Kier alpha value is -1.96. The van der Waals surface area contributed by atoms with E-state index in [1.54, 1.807) is 0 Å². The smallest absolute Gasteiger partial charge is 0.335 e. The fourth-order valence-corrected chi connectivity index (χ4v) is 1.62. The van der Waals surface area contributed by atoms with E-state index in [0.29, 0.717) is 0 Å². The van der Waals surface area contributed by atoms with Crippen molar-refractivity contribution in [2.75, 3.05) is 6.54 Å². The molecule has 0 amide bonds. The Morgan fingerprint density at radius 1 is 1.05 bits per heavy atom. The summed E-state index contributed by atoms with van der Waals surface area (Å²) in [6.07, 6.45) is -2.46. The molecule has 0 radical (unpaired) electrons. The van der Waals surface area contributed by atoms with Crippen LogP contribution in [0.5, 0.6) is 0 Å². The number of carbonyl (C=O) groups is 2. The molecule has 1 aromatic rings. The van der Waals surface area contributed by atoms with Crippen molar-refractivity contribution in [1.29, 1.82) is 0 Å². The Labute approximate surface area is 108 Å². The number of hydrogen-bond donors (Lipinski definition) is 5. The molecule has 1 aromatic carbocycles. The fourth-order valence-electron chi connectivity index (χ4n) is 1.62. The lowest BCUT2D eigenvalue weighted by Gasteiger charge is -2.18. The lowest BCUT2D eigenvalue weighted by molar-refractivity contribution is 0.0148. The van der Waals surface area contributed by atoms with Crippen molar-refractivity contribution in [3.8, 4) is 0 Å². The Kier molecular flexibility index (Phi) is 4.99. The minimum Gasteiger partial charge on any atom is -0.478 e. The number of rotatable bonds is 6. The SMILES string of the molecule is NCCC(O)C(O)c1cc(C(=O)O)cc(C(=O)O)c1. The molecule has 0 fully saturated rings. The average Bonchev–Trinajstić information content (AvgIpc) is 2.37. The molecule has 6 N–H and O–H groups in total. The summed E-state index contributed by atoms with van der Waals surface area (Å²) >= 11 is 0. The zero-order chi connectivity index (χ0) is 14.6. The van der Waals surface area contributed by atoms with E-state index in [9.17, 15) is 19.8 Å². The molecule has 2 unspecified atom stereocenters. The van der Waals surface area contributed by atoms with Gasteiger partial charge >= 0.3 is 11.9 Å². The maximum Gasteiger partial charge on any atom is 0.335 e.